The Labute approximate surface area is 132 Å². The van der Waals surface area contributed by atoms with Crippen molar-refractivity contribution in [2.45, 2.75) is 58.1 Å². The fourth-order valence-corrected chi connectivity index (χ4v) is 3.19. The van der Waals surface area contributed by atoms with E-state index in [1.54, 1.807) is 4.90 Å². The van der Waals surface area contributed by atoms with Crippen molar-refractivity contribution in [3.8, 4) is 0 Å². The lowest BCUT2D eigenvalue weighted by Crippen LogP contribution is -2.55. The molecule has 2 amide bonds. The molecule has 2 heterocycles. The normalized spacial score (nSPS) is 25.5. The van der Waals surface area contributed by atoms with Crippen molar-refractivity contribution in [2.75, 3.05) is 26.2 Å². The van der Waals surface area contributed by atoms with Gasteiger partial charge in [-0.25, -0.2) is 4.79 Å². The molecule has 2 saturated heterocycles. The Morgan fingerprint density at radius 2 is 1.95 bits per heavy atom. The molecule has 6 heteroatoms. The number of carbonyl (C=O) groups is 2. The van der Waals surface area contributed by atoms with Gasteiger partial charge in [-0.3, -0.25) is 4.79 Å². The number of carbonyl (C=O) groups excluding carboxylic acids is 2. The van der Waals surface area contributed by atoms with Crippen LogP contribution < -0.4 is 0 Å². The first-order valence-corrected chi connectivity index (χ1v) is 8.04. The predicted molar refractivity (Wildman–Crippen MR) is 82.4 cm³/mol. The van der Waals surface area contributed by atoms with Gasteiger partial charge < -0.3 is 19.6 Å². The van der Waals surface area contributed by atoms with Crippen LogP contribution in [-0.2, 0) is 9.53 Å². The van der Waals surface area contributed by atoms with Crippen LogP contribution in [0, 0.1) is 5.92 Å². The molecule has 0 aliphatic carbocycles. The summed E-state index contributed by atoms with van der Waals surface area (Å²) in [5, 5.41) is 9.26. The summed E-state index contributed by atoms with van der Waals surface area (Å²) in [6.45, 7) is 9.53. The summed E-state index contributed by atoms with van der Waals surface area (Å²) in [6, 6.07) is 0. The second-order valence-electron chi connectivity index (χ2n) is 7.72. The fraction of sp³-hybridized carbons (Fsp3) is 0.875. The van der Waals surface area contributed by atoms with Crippen molar-refractivity contribution < 1.29 is 19.4 Å². The fourth-order valence-electron chi connectivity index (χ4n) is 3.19. The third-order valence-corrected chi connectivity index (χ3v) is 4.61. The average molecular weight is 312 g/mol. The van der Waals surface area contributed by atoms with Crippen molar-refractivity contribution in [2.24, 2.45) is 5.92 Å². The molecule has 1 atom stereocenters. The van der Waals surface area contributed by atoms with E-state index in [-0.39, 0.29) is 30.1 Å². The highest BCUT2D eigenvalue weighted by Crippen LogP contribution is 2.34. The average Bonchev–Trinajstić information content (AvgIpc) is 2.79. The number of rotatable bonds is 2. The van der Waals surface area contributed by atoms with Gasteiger partial charge in [0.25, 0.3) is 0 Å². The topological polar surface area (TPSA) is 70.1 Å². The van der Waals surface area contributed by atoms with Crippen LogP contribution in [0.3, 0.4) is 0 Å². The molecular weight excluding hydrogens is 284 g/mol. The molecule has 2 rings (SSSR count). The lowest BCUT2D eigenvalue weighted by molar-refractivity contribution is -0.134. The Kier molecular flexibility index (Phi) is 4.70. The van der Waals surface area contributed by atoms with Crippen LogP contribution >= 0.6 is 0 Å². The smallest absolute Gasteiger partial charge is 0.410 e. The summed E-state index contributed by atoms with van der Waals surface area (Å²) >= 11 is 0. The Hall–Kier alpha value is -1.30. The number of piperidine rings is 1. The molecule has 1 unspecified atom stereocenters. The summed E-state index contributed by atoms with van der Waals surface area (Å²) in [6.07, 6.45) is 1.64. The van der Waals surface area contributed by atoms with E-state index < -0.39 is 5.60 Å². The second kappa shape index (κ2) is 6.07. The molecule has 2 aliphatic heterocycles. The van der Waals surface area contributed by atoms with Gasteiger partial charge >= 0.3 is 6.09 Å². The maximum Gasteiger partial charge on any atom is 0.410 e. The van der Waals surface area contributed by atoms with E-state index in [4.69, 9.17) is 4.74 Å². The number of likely N-dealkylation sites (tertiary alicyclic amines) is 2. The van der Waals surface area contributed by atoms with Crippen molar-refractivity contribution >= 4 is 12.0 Å². The Morgan fingerprint density at radius 3 is 2.41 bits per heavy atom. The second-order valence-corrected chi connectivity index (χ2v) is 7.72. The molecule has 0 spiro atoms. The first-order valence-electron chi connectivity index (χ1n) is 8.04. The highest BCUT2D eigenvalue weighted by atomic mass is 16.6. The van der Waals surface area contributed by atoms with Crippen LogP contribution in [0.25, 0.3) is 0 Å². The molecule has 126 valence electrons. The van der Waals surface area contributed by atoms with Gasteiger partial charge in [-0.1, -0.05) is 0 Å². The predicted octanol–water partition coefficient (Wildman–Crippen LogP) is 1.62. The third-order valence-electron chi connectivity index (χ3n) is 4.61. The molecule has 0 radical (unpaired) electrons. The first kappa shape index (κ1) is 17.1. The molecule has 0 aromatic heterocycles. The van der Waals surface area contributed by atoms with Gasteiger partial charge in [0.15, 0.2) is 0 Å². The summed E-state index contributed by atoms with van der Waals surface area (Å²) in [4.78, 5) is 27.9. The molecule has 1 N–H and O–H groups in total. The number of hydrogen-bond acceptors (Lipinski definition) is 4. The van der Waals surface area contributed by atoms with Gasteiger partial charge in [0, 0.05) is 44.1 Å². The van der Waals surface area contributed by atoms with E-state index in [0.29, 0.717) is 26.1 Å². The number of ether oxygens (including phenoxy) is 1. The zero-order valence-corrected chi connectivity index (χ0v) is 14.1. The molecule has 0 aromatic rings. The minimum atomic E-state index is -0.489. The standard InChI is InChI=1S/C16H28N2O4/c1-15(2,3)22-14(21)17-7-5-16(4,6-8-17)18-10-12(11-19)9-13(18)20/h12,19H,5-11H2,1-4H3. The maximum absolute atomic E-state index is 12.2. The van der Waals surface area contributed by atoms with Crippen LogP contribution in [0.5, 0.6) is 0 Å². The van der Waals surface area contributed by atoms with E-state index in [2.05, 4.69) is 6.92 Å². The largest absolute Gasteiger partial charge is 0.444 e. The molecule has 2 fully saturated rings. The van der Waals surface area contributed by atoms with Crippen LogP contribution in [0.1, 0.15) is 47.0 Å². The molecule has 6 nitrogen and oxygen atoms in total. The van der Waals surface area contributed by atoms with Crippen molar-refractivity contribution in [3.05, 3.63) is 0 Å². The van der Waals surface area contributed by atoms with Crippen molar-refractivity contribution in [3.63, 3.8) is 0 Å². The van der Waals surface area contributed by atoms with Crippen molar-refractivity contribution in [1.82, 2.24) is 9.80 Å². The monoisotopic (exact) mass is 312 g/mol. The van der Waals surface area contributed by atoms with Crippen LogP contribution in [0.4, 0.5) is 4.79 Å². The zero-order chi connectivity index (χ0) is 16.5. The number of nitrogens with zero attached hydrogens (tertiary/aromatic N) is 2. The molecule has 22 heavy (non-hydrogen) atoms. The zero-order valence-electron chi connectivity index (χ0n) is 14.1. The van der Waals surface area contributed by atoms with Gasteiger partial charge in [-0.05, 0) is 40.5 Å². The number of amides is 2. The lowest BCUT2D eigenvalue weighted by atomic mass is 9.88. The Morgan fingerprint density at radius 1 is 1.36 bits per heavy atom. The number of hydrogen-bond donors (Lipinski definition) is 1. The van der Waals surface area contributed by atoms with Gasteiger partial charge in [0.2, 0.25) is 5.91 Å². The molecular formula is C16H28N2O4. The lowest BCUT2D eigenvalue weighted by Gasteiger charge is -2.45. The van der Waals surface area contributed by atoms with E-state index in [0.717, 1.165) is 12.8 Å². The third kappa shape index (κ3) is 3.72. The summed E-state index contributed by atoms with van der Waals surface area (Å²) in [7, 11) is 0. The van der Waals surface area contributed by atoms with E-state index in [1.807, 2.05) is 25.7 Å². The highest BCUT2D eigenvalue weighted by Gasteiger charge is 2.44. The number of aliphatic hydroxyl groups is 1. The summed E-state index contributed by atoms with van der Waals surface area (Å²) in [5.41, 5.74) is -0.712. The SMILES string of the molecule is CC(C)(C)OC(=O)N1CCC(C)(N2CC(CO)CC2=O)CC1. The highest BCUT2D eigenvalue weighted by molar-refractivity contribution is 5.79. The minimum absolute atomic E-state index is 0.0493. The Bertz CT molecular complexity index is 436. The van der Waals surface area contributed by atoms with Gasteiger partial charge in [-0.15, -0.1) is 0 Å². The first-order chi connectivity index (χ1) is 10.1. The van der Waals surface area contributed by atoms with Gasteiger partial charge in [-0.2, -0.15) is 0 Å². The van der Waals surface area contributed by atoms with Crippen LogP contribution in [0.15, 0.2) is 0 Å². The molecule has 0 saturated carbocycles. The van der Waals surface area contributed by atoms with E-state index in [9.17, 15) is 14.7 Å². The minimum Gasteiger partial charge on any atom is -0.444 e. The van der Waals surface area contributed by atoms with Crippen LogP contribution in [0.2, 0.25) is 0 Å². The Balaban J connectivity index is 1.93. The maximum atomic E-state index is 12.2. The molecule has 0 aromatic carbocycles. The summed E-state index contributed by atoms with van der Waals surface area (Å²) < 4.78 is 5.40. The quantitative estimate of drug-likeness (QED) is 0.841. The van der Waals surface area contributed by atoms with Crippen LogP contribution in [-0.4, -0.2) is 64.3 Å². The van der Waals surface area contributed by atoms with Gasteiger partial charge in [0.1, 0.15) is 5.60 Å². The molecule has 0 bridgehead atoms. The molecule has 2 aliphatic rings. The van der Waals surface area contributed by atoms with E-state index >= 15 is 0 Å². The van der Waals surface area contributed by atoms with Gasteiger partial charge in [0.05, 0.1) is 0 Å². The summed E-state index contributed by atoms with van der Waals surface area (Å²) in [5.74, 6) is 0.167. The van der Waals surface area contributed by atoms with Crippen molar-refractivity contribution in [1.29, 1.82) is 0 Å². The van der Waals surface area contributed by atoms with E-state index in [1.165, 1.54) is 0 Å². The number of aliphatic hydroxyl groups excluding tert-OH is 1.